The van der Waals surface area contributed by atoms with Crippen LogP contribution in [-0.4, -0.2) is 62.3 Å². The molecular weight excluding hydrogens is 220 g/mol. The highest BCUT2D eigenvalue weighted by molar-refractivity contribution is 7.99. The Kier molecular flexibility index (Phi) is 6.11. The number of hydrogen-bond donors (Lipinski definition) is 1. The maximum atomic E-state index is 5.10. The van der Waals surface area contributed by atoms with Crippen LogP contribution in [0.15, 0.2) is 0 Å². The van der Waals surface area contributed by atoms with E-state index in [4.69, 9.17) is 4.74 Å². The molecule has 1 fully saturated rings. The monoisotopic (exact) mass is 246 g/mol. The van der Waals surface area contributed by atoms with Crippen molar-refractivity contribution in [1.29, 1.82) is 0 Å². The third-order valence-corrected chi connectivity index (χ3v) is 4.80. The van der Waals surface area contributed by atoms with Crippen LogP contribution in [-0.2, 0) is 4.74 Å². The van der Waals surface area contributed by atoms with Crippen LogP contribution < -0.4 is 5.32 Å². The van der Waals surface area contributed by atoms with Gasteiger partial charge in [-0.1, -0.05) is 0 Å². The molecule has 0 radical (unpaired) electrons. The molecule has 1 aliphatic rings. The molecule has 1 N–H and O–H groups in total. The summed E-state index contributed by atoms with van der Waals surface area (Å²) >= 11 is 2.07. The van der Waals surface area contributed by atoms with Gasteiger partial charge >= 0.3 is 0 Å². The molecule has 0 bridgehead atoms. The summed E-state index contributed by atoms with van der Waals surface area (Å²) in [5.41, 5.74) is 0.367. The molecule has 4 heteroatoms. The lowest BCUT2D eigenvalue weighted by Gasteiger charge is -2.37. The van der Waals surface area contributed by atoms with E-state index in [1.54, 1.807) is 7.11 Å². The zero-order chi connectivity index (χ0) is 12.0. The van der Waals surface area contributed by atoms with E-state index in [9.17, 15) is 0 Å². The molecule has 1 saturated heterocycles. The molecule has 0 aromatic heterocycles. The van der Waals surface area contributed by atoms with Crippen molar-refractivity contribution in [3.05, 3.63) is 0 Å². The van der Waals surface area contributed by atoms with Crippen LogP contribution in [0.1, 0.15) is 19.8 Å². The van der Waals surface area contributed by atoms with Crippen molar-refractivity contribution in [1.82, 2.24) is 10.2 Å². The summed E-state index contributed by atoms with van der Waals surface area (Å²) < 4.78 is 5.10. The SMILES string of the molecule is COCCC(C)NCC1(N(C)C)CCSC1. The fourth-order valence-corrected chi connectivity index (χ4v) is 3.56. The van der Waals surface area contributed by atoms with Crippen LogP contribution in [0.3, 0.4) is 0 Å². The first kappa shape index (κ1) is 14.3. The lowest BCUT2D eigenvalue weighted by molar-refractivity contribution is 0.158. The van der Waals surface area contributed by atoms with Gasteiger partial charge in [-0.05, 0) is 39.6 Å². The summed E-state index contributed by atoms with van der Waals surface area (Å²) in [4.78, 5) is 2.39. The maximum Gasteiger partial charge on any atom is 0.0476 e. The maximum absolute atomic E-state index is 5.10. The average molecular weight is 246 g/mol. The number of thioether (sulfide) groups is 1. The van der Waals surface area contributed by atoms with Crippen molar-refractivity contribution >= 4 is 11.8 Å². The molecule has 0 aliphatic carbocycles. The Morgan fingerprint density at radius 1 is 1.50 bits per heavy atom. The third-order valence-electron chi connectivity index (χ3n) is 3.57. The summed E-state index contributed by atoms with van der Waals surface area (Å²) in [5, 5.41) is 3.65. The number of nitrogens with zero attached hydrogens (tertiary/aromatic N) is 1. The number of ether oxygens (including phenoxy) is 1. The van der Waals surface area contributed by atoms with Crippen LogP contribution in [0.25, 0.3) is 0 Å². The summed E-state index contributed by atoms with van der Waals surface area (Å²) in [6.07, 6.45) is 2.39. The zero-order valence-electron chi connectivity index (χ0n) is 11.1. The molecule has 2 unspecified atom stereocenters. The van der Waals surface area contributed by atoms with Gasteiger partial charge in [0.2, 0.25) is 0 Å². The van der Waals surface area contributed by atoms with Gasteiger partial charge in [0.05, 0.1) is 0 Å². The minimum absolute atomic E-state index is 0.367. The third kappa shape index (κ3) is 3.91. The van der Waals surface area contributed by atoms with Gasteiger partial charge in [-0.2, -0.15) is 11.8 Å². The minimum Gasteiger partial charge on any atom is -0.385 e. The fourth-order valence-electron chi connectivity index (χ4n) is 2.01. The molecule has 3 nitrogen and oxygen atoms in total. The Labute approximate surface area is 104 Å². The van der Waals surface area contributed by atoms with E-state index in [1.807, 2.05) is 0 Å². The van der Waals surface area contributed by atoms with E-state index >= 15 is 0 Å². The lowest BCUT2D eigenvalue weighted by Crippen LogP contribution is -2.53. The molecule has 0 aromatic carbocycles. The Morgan fingerprint density at radius 3 is 2.75 bits per heavy atom. The Bertz CT molecular complexity index is 193. The summed E-state index contributed by atoms with van der Waals surface area (Å²) in [6.45, 7) is 4.18. The van der Waals surface area contributed by atoms with E-state index in [2.05, 4.69) is 43.0 Å². The van der Waals surface area contributed by atoms with E-state index in [0.29, 0.717) is 11.6 Å². The molecule has 0 saturated carbocycles. The highest BCUT2D eigenvalue weighted by Crippen LogP contribution is 2.31. The lowest BCUT2D eigenvalue weighted by atomic mass is 9.97. The highest BCUT2D eigenvalue weighted by atomic mass is 32.2. The van der Waals surface area contributed by atoms with Gasteiger partial charge in [-0.25, -0.2) is 0 Å². The molecule has 2 atom stereocenters. The topological polar surface area (TPSA) is 24.5 Å². The molecule has 1 aliphatic heterocycles. The largest absolute Gasteiger partial charge is 0.385 e. The van der Waals surface area contributed by atoms with E-state index in [0.717, 1.165) is 19.6 Å². The fraction of sp³-hybridized carbons (Fsp3) is 1.00. The molecule has 1 heterocycles. The summed E-state index contributed by atoms with van der Waals surface area (Å²) in [6, 6.07) is 0.544. The zero-order valence-corrected chi connectivity index (χ0v) is 11.9. The van der Waals surface area contributed by atoms with Gasteiger partial charge in [0, 0.05) is 37.6 Å². The van der Waals surface area contributed by atoms with Crippen LogP contribution in [0, 0.1) is 0 Å². The predicted octanol–water partition coefficient (Wildman–Crippen LogP) is 1.44. The number of nitrogens with one attached hydrogen (secondary N) is 1. The summed E-state index contributed by atoms with van der Waals surface area (Å²) in [5.74, 6) is 2.55. The van der Waals surface area contributed by atoms with E-state index in [-0.39, 0.29) is 0 Å². The molecule has 0 spiro atoms. The number of likely N-dealkylation sites (N-methyl/N-ethyl adjacent to an activating group) is 1. The first-order valence-electron chi connectivity index (χ1n) is 6.08. The van der Waals surface area contributed by atoms with E-state index < -0.39 is 0 Å². The van der Waals surface area contributed by atoms with Crippen LogP contribution in [0.2, 0.25) is 0 Å². The number of methoxy groups -OCH3 is 1. The molecule has 16 heavy (non-hydrogen) atoms. The van der Waals surface area contributed by atoms with Crippen molar-refractivity contribution in [2.75, 3.05) is 45.9 Å². The van der Waals surface area contributed by atoms with Gasteiger partial charge in [0.15, 0.2) is 0 Å². The van der Waals surface area contributed by atoms with Crippen molar-refractivity contribution in [3.63, 3.8) is 0 Å². The number of hydrogen-bond acceptors (Lipinski definition) is 4. The van der Waals surface area contributed by atoms with Gasteiger partial charge in [0.25, 0.3) is 0 Å². The molecule has 96 valence electrons. The highest BCUT2D eigenvalue weighted by Gasteiger charge is 2.36. The van der Waals surface area contributed by atoms with Gasteiger partial charge < -0.3 is 15.0 Å². The van der Waals surface area contributed by atoms with Gasteiger partial charge in [0.1, 0.15) is 0 Å². The minimum atomic E-state index is 0.367. The van der Waals surface area contributed by atoms with Crippen molar-refractivity contribution < 1.29 is 4.74 Å². The van der Waals surface area contributed by atoms with Crippen LogP contribution in [0.5, 0.6) is 0 Å². The average Bonchev–Trinajstić information content (AvgIpc) is 2.73. The smallest absolute Gasteiger partial charge is 0.0476 e. The standard InChI is InChI=1S/C12H26N2OS/c1-11(5-7-15-4)13-9-12(14(2)3)6-8-16-10-12/h11,13H,5-10H2,1-4H3. The first-order chi connectivity index (χ1) is 7.60. The quantitative estimate of drug-likeness (QED) is 0.735. The Morgan fingerprint density at radius 2 is 2.25 bits per heavy atom. The van der Waals surface area contributed by atoms with Crippen molar-refractivity contribution in [2.24, 2.45) is 0 Å². The summed E-state index contributed by atoms with van der Waals surface area (Å²) in [7, 11) is 6.17. The molecule has 0 aromatic rings. The van der Waals surface area contributed by atoms with Gasteiger partial charge in [-0.3, -0.25) is 0 Å². The van der Waals surface area contributed by atoms with E-state index in [1.165, 1.54) is 17.9 Å². The molecule has 1 rings (SSSR count). The normalized spacial score (nSPS) is 27.6. The second kappa shape index (κ2) is 6.84. The Balaban J connectivity index is 2.33. The van der Waals surface area contributed by atoms with Crippen molar-refractivity contribution in [2.45, 2.75) is 31.3 Å². The number of rotatable bonds is 7. The molecule has 0 amide bonds. The molecular formula is C12H26N2OS. The van der Waals surface area contributed by atoms with Crippen LogP contribution >= 0.6 is 11.8 Å². The van der Waals surface area contributed by atoms with Crippen LogP contribution in [0.4, 0.5) is 0 Å². The first-order valence-corrected chi connectivity index (χ1v) is 7.24. The van der Waals surface area contributed by atoms with Gasteiger partial charge in [-0.15, -0.1) is 0 Å². The second-order valence-electron chi connectivity index (χ2n) is 4.98. The predicted molar refractivity (Wildman–Crippen MR) is 72.3 cm³/mol. The Hall–Kier alpha value is 0.230. The second-order valence-corrected chi connectivity index (χ2v) is 6.09. The van der Waals surface area contributed by atoms with Crippen molar-refractivity contribution in [3.8, 4) is 0 Å².